The maximum absolute atomic E-state index is 13.0. The maximum atomic E-state index is 13.0. The number of hydrogen-bond acceptors (Lipinski definition) is 4. The lowest BCUT2D eigenvalue weighted by Crippen LogP contribution is -2.48. The van der Waals surface area contributed by atoms with Crippen molar-refractivity contribution in [2.45, 2.75) is 30.8 Å². The van der Waals surface area contributed by atoms with Crippen LogP contribution in [0.15, 0.2) is 133 Å². The van der Waals surface area contributed by atoms with Crippen molar-refractivity contribution in [3.63, 3.8) is 0 Å². The van der Waals surface area contributed by atoms with E-state index in [1.165, 1.54) is 0 Å². The number of nitrogens with one attached hydrogen (secondary N) is 2. The van der Waals surface area contributed by atoms with Crippen LogP contribution in [-0.2, 0) is 15.1 Å². The first-order valence-corrected chi connectivity index (χ1v) is 15.2. The summed E-state index contributed by atoms with van der Waals surface area (Å²) >= 11 is 0. The van der Waals surface area contributed by atoms with Crippen molar-refractivity contribution in [3.05, 3.63) is 167 Å². The number of aryl methyl sites for hydroxylation is 1. The van der Waals surface area contributed by atoms with Crippen molar-refractivity contribution >= 4 is 12.1 Å². The summed E-state index contributed by atoms with van der Waals surface area (Å²) in [4.78, 5) is 25.3. The van der Waals surface area contributed by atoms with Crippen LogP contribution in [0.25, 0.3) is 11.1 Å². The van der Waals surface area contributed by atoms with Gasteiger partial charge in [0, 0.05) is 5.92 Å². The summed E-state index contributed by atoms with van der Waals surface area (Å²) in [6, 6.07) is 43.7. The average molecular weight is 597 g/mol. The number of carboxylic acid groups (broad SMARTS) is 1. The second kappa shape index (κ2) is 13.2. The third-order valence-electron chi connectivity index (χ3n) is 8.66. The van der Waals surface area contributed by atoms with Crippen LogP contribution in [0, 0.1) is 6.92 Å². The summed E-state index contributed by atoms with van der Waals surface area (Å²) in [5.74, 6) is -1.23. The quantitative estimate of drug-likeness (QED) is 0.140. The molecule has 0 aliphatic heterocycles. The van der Waals surface area contributed by atoms with Gasteiger partial charge in [0.1, 0.15) is 12.6 Å². The zero-order valence-corrected chi connectivity index (χ0v) is 25.1. The second-order valence-corrected chi connectivity index (χ2v) is 11.4. The van der Waals surface area contributed by atoms with Gasteiger partial charge in [-0.1, -0.05) is 139 Å². The Balaban J connectivity index is 1.18. The lowest BCUT2D eigenvalue weighted by atomic mass is 9.76. The molecule has 3 N–H and O–H groups in total. The van der Waals surface area contributed by atoms with Crippen LogP contribution < -0.4 is 10.6 Å². The number of fused-ring (bicyclic) bond motifs is 3. The Morgan fingerprint density at radius 2 is 1.20 bits per heavy atom. The molecule has 0 bridgehead atoms. The summed E-state index contributed by atoms with van der Waals surface area (Å²) in [7, 11) is 0. The van der Waals surface area contributed by atoms with Gasteiger partial charge in [-0.3, -0.25) is 5.32 Å². The van der Waals surface area contributed by atoms with Crippen LogP contribution in [0.3, 0.4) is 0 Å². The summed E-state index contributed by atoms with van der Waals surface area (Å²) in [6.45, 7) is 2.47. The van der Waals surface area contributed by atoms with Crippen LogP contribution >= 0.6 is 0 Å². The van der Waals surface area contributed by atoms with Crippen LogP contribution in [0.1, 0.15) is 45.7 Å². The molecule has 45 heavy (non-hydrogen) atoms. The number of benzene rings is 5. The summed E-state index contributed by atoms with van der Waals surface area (Å²) in [6.07, 6.45) is -0.604. The number of alkyl carbamates (subject to hydrolysis) is 1. The molecule has 1 aliphatic carbocycles. The average Bonchev–Trinajstić information content (AvgIpc) is 3.40. The molecule has 1 atom stereocenters. The number of hydrogen-bond donors (Lipinski definition) is 3. The van der Waals surface area contributed by atoms with E-state index in [1.54, 1.807) is 0 Å². The highest BCUT2D eigenvalue weighted by Gasteiger charge is 2.36. The number of aliphatic carboxylic acids is 1. The molecule has 1 unspecified atom stereocenters. The maximum Gasteiger partial charge on any atom is 0.407 e. The van der Waals surface area contributed by atoms with Crippen molar-refractivity contribution in [2.75, 3.05) is 13.2 Å². The first-order valence-electron chi connectivity index (χ1n) is 15.2. The highest BCUT2D eigenvalue weighted by molar-refractivity contribution is 5.81. The topological polar surface area (TPSA) is 87.7 Å². The van der Waals surface area contributed by atoms with E-state index in [9.17, 15) is 14.7 Å². The van der Waals surface area contributed by atoms with Gasteiger partial charge in [-0.15, -0.1) is 0 Å². The minimum Gasteiger partial charge on any atom is -0.480 e. The molecule has 0 saturated heterocycles. The lowest BCUT2D eigenvalue weighted by molar-refractivity contribution is -0.139. The molecule has 6 rings (SSSR count). The predicted molar refractivity (Wildman–Crippen MR) is 176 cm³/mol. The third-order valence-corrected chi connectivity index (χ3v) is 8.66. The monoisotopic (exact) mass is 596 g/mol. The highest BCUT2D eigenvalue weighted by Crippen LogP contribution is 2.44. The molecule has 0 aromatic heterocycles. The molecule has 5 aromatic carbocycles. The number of ether oxygens (including phenoxy) is 1. The molecule has 0 fully saturated rings. The SMILES string of the molecule is Cc1ccc(C(NCCC(NC(=O)OCC2c3ccccc3-c3ccccc32)C(=O)O)(c2ccccc2)c2ccccc2)cc1. The van der Waals surface area contributed by atoms with Gasteiger partial charge in [0.25, 0.3) is 0 Å². The Bertz CT molecular complexity index is 1690. The van der Waals surface area contributed by atoms with E-state index < -0.39 is 23.6 Å². The largest absolute Gasteiger partial charge is 0.480 e. The molecular formula is C39H36N2O4. The fraction of sp³-hybridized carbons (Fsp3) is 0.179. The van der Waals surface area contributed by atoms with Gasteiger partial charge in [-0.25, -0.2) is 9.59 Å². The van der Waals surface area contributed by atoms with E-state index in [2.05, 4.69) is 78.2 Å². The van der Waals surface area contributed by atoms with E-state index in [-0.39, 0.29) is 18.9 Å². The van der Waals surface area contributed by atoms with Gasteiger partial charge in [0.05, 0.1) is 5.54 Å². The van der Waals surface area contributed by atoms with Gasteiger partial charge in [0.15, 0.2) is 0 Å². The third kappa shape index (κ3) is 6.10. The van der Waals surface area contributed by atoms with Gasteiger partial charge in [-0.2, -0.15) is 0 Å². The van der Waals surface area contributed by atoms with Crippen molar-refractivity contribution in [3.8, 4) is 11.1 Å². The van der Waals surface area contributed by atoms with Gasteiger partial charge < -0.3 is 15.2 Å². The minimum atomic E-state index is -1.14. The normalized spacial score (nSPS) is 13.0. The highest BCUT2D eigenvalue weighted by atomic mass is 16.5. The Morgan fingerprint density at radius 3 is 1.73 bits per heavy atom. The van der Waals surface area contributed by atoms with Crippen LogP contribution in [0.2, 0.25) is 0 Å². The van der Waals surface area contributed by atoms with E-state index in [1.807, 2.05) is 72.8 Å². The van der Waals surface area contributed by atoms with Crippen molar-refractivity contribution in [1.82, 2.24) is 10.6 Å². The zero-order chi connectivity index (χ0) is 31.2. The standard InChI is InChI=1S/C39H36N2O4/c1-27-20-22-30(23-21-27)39(28-12-4-2-5-13-28,29-14-6-3-7-15-29)40-25-24-36(37(42)43)41-38(44)45-26-35-33-18-10-8-16-31(33)32-17-9-11-19-34(32)35/h2-23,35-36,40H,24-26H2,1H3,(H,41,44)(H,42,43). The van der Waals surface area contributed by atoms with Gasteiger partial charge in [0.2, 0.25) is 0 Å². The first kappa shape index (κ1) is 29.9. The Morgan fingerprint density at radius 1 is 0.711 bits per heavy atom. The van der Waals surface area contributed by atoms with Gasteiger partial charge in [-0.05, 0) is 58.8 Å². The predicted octanol–water partition coefficient (Wildman–Crippen LogP) is 7.26. The number of carbonyl (C=O) groups is 2. The van der Waals surface area contributed by atoms with E-state index in [0.717, 1.165) is 44.5 Å². The molecule has 0 heterocycles. The molecule has 226 valence electrons. The molecular weight excluding hydrogens is 560 g/mol. The van der Waals surface area contributed by atoms with Crippen molar-refractivity contribution in [1.29, 1.82) is 0 Å². The number of amides is 1. The van der Waals surface area contributed by atoms with Crippen molar-refractivity contribution in [2.24, 2.45) is 0 Å². The van der Waals surface area contributed by atoms with E-state index in [0.29, 0.717) is 6.54 Å². The molecule has 0 spiro atoms. The summed E-state index contributed by atoms with van der Waals surface area (Å²) in [5.41, 5.74) is 7.93. The lowest BCUT2D eigenvalue weighted by Gasteiger charge is -2.37. The van der Waals surface area contributed by atoms with E-state index >= 15 is 0 Å². The van der Waals surface area contributed by atoms with E-state index in [4.69, 9.17) is 4.74 Å². The fourth-order valence-electron chi connectivity index (χ4n) is 6.43. The fourth-order valence-corrected chi connectivity index (χ4v) is 6.43. The second-order valence-electron chi connectivity index (χ2n) is 11.4. The van der Waals surface area contributed by atoms with Gasteiger partial charge >= 0.3 is 12.1 Å². The molecule has 0 radical (unpaired) electrons. The van der Waals surface area contributed by atoms with Crippen LogP contribution in [0.5, 0.6) is 0 Å². The Hall–Kier alpha value is -5.20. The summed E-state index contributed by atoms with van der Waals surface area (Å²) < 4.78 is 5.65. The molecule has 6 heteroatoms. The number of carboxylic acids is 1. The number of rotatable bonds is 11. The molecule has 1 amide bonds. The minimum absolute atomic E-state index is 0.111. The smallest absolute Gasteiger partial charge is 0.407 e. The first-order chi connectivity index (χ1) is 22.0. The Labute approximate surface area is 263 Å². The zero-order valence-electron chi connectivity index (χ0n) is 25.1. The number of carbonyl (C=O) groups excluding carboxylic acids is 1. The molecule has 0 saturated carbocycles. The van der Waals surface area contributed by atoms with Crippen LogP contribution in [0.4, 0.5) is 4.79 Å². The molecule has 1 aliphatic rings. The summed E-state index contributed by atoms with van der Waals surface area (Å²) in [5, 5.41) is 16.4. The molecule has 6 nitrogen and oxygen atoms in total. The molecule has 5 aromatic rings. The van der Waals surface area contributed by atoms with Crippen LogP contribution in [-0.4, -0.2) is 36.4 Å². The Kier molecular flexibility index (Phi) is 8.76. The van der Waals surface area contributed by atoms with Crippen molar-refractivity contribution < 1.29 is 19.4 Å².